The number of aromatic nitrogens is 2. The van der Waals surface area contributed by atoms with E-state index in [2.05, 4.69) is 47.9 Å². The van der Waals surface area contributed by atoms with Crippen LogP contribution in [0.5, 0.6) is 0 Å². The fourth-order valence-electron chi connectivity index (χ4n) is 3.24. The molecule has 1 aromatic heterocycles. The Kier molecular flexibility index (Phi) is 5.26. The van der Waals surface area contributed by atoms with Crippen molar-refractivity contribution in [2.75, 3.05) is 17.7 Å². The van der Waals surface area contributed by atoms with Crippen molar-refractivity contribution in [1.29, 1.82) is 0 Å². The van der Waals surface area contributed by atoms with Crippen LogP contribution in [0.3, 0.4) is 0 Å². The zero-order valence-electron chi connectivity index (χ0n) is 14.4. The second kappa shape index (κ2) is 7.40. The molecule has 6 heteroatoms. The van der Waals surface area contributed by atoms with Crippen molar-refractivity contribution in [3.05, 3.63) is 42.2 Å². The van der Waals surface area contributed by atoms with Gasteiger partial charge >= 0.3 is 0 Å². The molecule has 3 rings (SSSR count). The van der Waals surface area contributed by atoms with E-state index in [-0.39, 0.29) is 18.0 Å². The van der Waals surface area contributed by atoms with Gasteiger partial charge in [0.05, 0.1) is 17.9 Å². The number of nitrogens with one attached hydrogen (secondary N) is 1. The van der Waals surface area contributed by atoms with Gasteiger partial charge in [0.25, 0.3) is 0 Å². The molecule has 0 aliphatic carbocycles. The summed E-state index contributed by atoms with van der Waals surface area (Å²) in [5.41, 5.74) is 2.21. The van der Waals surface area contributed by atoms with Crippen molar-refractivity contribution < 1.29 is 4.79 Å². The van der Waals surface area contributed by atoms with Crippen LogP contribution in [0.25, 0.3) is 0 Å². The summed E-state index contributed by atoms with van der Waals surface area (Å²) in [5.74, 6) is 0.146. The summed E-state index contributed by atoms with van der Waals surface area (Å²) in [6.07, 6.45) is 7.50. The fraction of sp³-hybridized carbons (Fsp3) is 0.444. The van der Waals surface area contributed by atoms with E-state index in [0.717, 1.165) is 25.1 Å². The lowest BCUT2D eigenvalue weighted by molar-refractivity contribution is -0.119. The molecule has 2 aromatic rings. The summed E-state index contributed by atoms with van der Waals surface area (Å²) in [5, 5.41) is 7.66. The first kappa shape index (κ1) is 17.0. The van der Waals surface area contributed by atoms with Gasteiger partial charge in [-0.05, 0) is 37.7 Å². The topological polar surface area (TPSA) is 50.2 Å². The Balaban J connectivity index is 1.61. The normalized spacial score (nSPS) is 19.0. The Morgan fingerprint density at radius 1 is 1.42 bits per heavy atom. The maximum absolute atomic E-state index is 12.6. The first-order valence-corrected chi connectivity index (χ1v) is 9.49. The number of amides is 1. The second-order valence-electron chi connectivity index (χ2n) is 6.29. The van der Waals surface area contributed by atoms with Crippen LogP contribution in [0, 0.1) is 0 Å². The number of thioether (sulfide) groups is 1. The van der Waals surface area contributed by atoms with Crippen molar-refractivity contribution in [3.63, 3.8) is 0 Å². The van der Waals surface area contributed by atoms with E-state index >= 15 is 0 Å². The summed E-state index contributed by atoms with van der Waals surface area (Å²) >= 11 is 1.77. The van der Waals surface area contributed by atoms with Crippen molar-refractivity contribution in [1.82, 2.24) is 15.1 Å². The monoisotopic (exact) mass is 344 g/mol. The van der Waals surface area contributed by atoms with Gasteiger partial charge in [-0.3, -0.25) is 9.48 Å². The maximum atomic E-state index is 12.6. The Labute approximate surface area is 147 Å². The van der Waals surface area contributed by atoms with E-state index in [4.69, 9.17) is 0 Å². The quantitative estimate of drug-likeness (QED) is 0.818. The highest BCUT2D eigenvalue weighted by atomic mass is 32.2. The highest BCUT2D eigenvalue weighted by Gasteiger charge is 2.33. The summed E-state index contributed by atoms with van der Waals surface area (Å²) < 4.78 is 1.73. The summed E-state index contributed by atoms with van der Waals surface area (Å²) in [6.45, 7) is 2.90. The van der Waals surface area contributed by atoms with Gasteiger partial charge in [0.15, 0.2) is 0 Å². The van der Waals surface area contributed by atoms with E-state index in [1.165, 1.54) is 10.5 Å². The molecule has 2 atom stereocenters. The predicted molar refractivity (Wildman–Crippen MR) is 98.5 cm³/mol. The van der Waals surface area contributed by atoms with Gasteiger partial charge in [0.2, 0.25) is 5.91 Å². The third-order valence-corrected chi connectivity index (χ3v) is 5.25. The first-order chi connectivity index (χ1) is 11.6. The molecule has 0 radical (unpaired) electrons. The molecule has 0 saturated carbocycles. The molecule has 1 saturated heterocycles. The van der Waals surface area contributed by atoms with Crippen molar-refractivity contribution in [2.24, 2.45) is 7.05 Å². The molecule has 1 N–H and O–H groups in total. The summed E-state index contributed by atoms with van der Waals surface area (Å²) in [7, 11) is 1.87. The van der Waals surface area contributed by atoms with E-state index in [1.807, 2.05) is 18.1 Å². The molecule has 0 spiro atoms. The van der Waals surface area contributed by atoms with Gasteiger partial charge in [-0.1, -0.05) is 18.2 Å². The average Bonchev–Trinajstić information content (AvgIpc) is 3.14. The third-order valence-electron chi connectivity index (χ3n) is 4.41. The van der Waals surface area contributed by atoms with Gasteiger partial charge < -0.3 is 10.2 Å². The van der Waals surface area contributed by atoms with Crippen LogP contribution in [0.1, 0.15) is 18.9 Å². The number of hydrogen-bond acceptors (Lipinski definition) is 4. The number of hydrogen-bond donors (Lipinski definition) is 1. The molecule has 1 amide bonds. The number of carbonyl (C=O) groups is 1. The Morgan fingerprint density at radius 2 is 2.21 bits per heavy atom. The molecular formula is C18H24N4OS. The molecule has 1 aromatic carbocycles. The standard InChI is InChI=1S/C18H24N4OS/c1-13(10-14-6-4-5-7-17(14)24-3)20-16-8-9-22(18(16)23)15-11-19-21(2)12-15/h4-7,11-13,16,20H,8-10H2,1-3H3. The number of nitrogens with zero attached hydrogens (tertiary/aromatic N) is 3. The fourth-order valence-corrected chi connectivity index (χ4v) is 3.87. The highest BCUT2D eigenvalue weighted by Crippen LogP contribution is 2.23. The van der Waals surface area contributed by atoms with Gasteiger partial charge in [0.1, 0.15) is 0 Å². The van der Waals surface area contributed by atoms with Crippen LogP contribution in [0.2, 0.25) is 0 Å². The lowest BCUT2D eigenvalue weighted by atomic mass is 10.1. The number of aryl methyl sites for hydroxylation is 1. The molecule has 2 heterocycles. The third kappa shape index (κ3) is 3.65. The molecule has 1 aliphatic heterocycles. The van der Waals surface area contributed by atoms with Crippen LogP contribution in [-0.2, 0) is 18.3 Å². The smallest absolute Gasteiger partial charge is 0.244 e. The zero-order valence-corrected chi connectivity index (χ0v) is 15.2. The molecule has 128 valence electrons. The number of benzene rings is 1. The zero-order chi connectivity index (χ0) is 17.1. The van der Waals surface area contributed by atoms with Gasteiger partial charge in [0, 0.05) is 30.7 Å². The Bertz CT molecular complexity index is 715. The minimum absolute atomic E-state index is 0.110. The first-order valence-electron chi connectivity index (χ1n) is 8.26. The van der Waals surface area contributed by atoms with Crippen LogP contribution in [0.15, 0.2) is 41.6 Å². The summed E-state index contributed by atoms with van der Waals surface area (Å²) in [4.78, 5) is 15.8. The molecule has 24 heavy (non-hydrogen) atoms. The molecule has 5 nitrogen and oxygen atoms in total. The summed E-state index contributed by atoms with van der Waals surface area (Å²) in [6, 6.07) is 8.61. The SMILES string of the molecule is CSc1ccccc1CC(C)NC1CCN(c2cnn(C)c2)C1=O. The second-order valence-corrected chi connectivity index (χ2v) is 7.14. The average molecular weight is 344 g/mol. The number of carbonyl (C=O) groups excluding carboxylic acids is 1. The van der Waals surface area contributed by atoms with E-state index < -0.39 is 0 Å². The Hall–Kier alpha value is -1.79. The van der Waals surface area contributed by atoms with Crippen LogP contribution >= 0.6 is 11.8 Å². The Morgan fingerprint density at radius 3 is 2.92 bits per heavy atom. The van der Waals surface area contributed by atoms with Gasteiger partial charge in [-0.2, -0.15) is 5.10 Å². The van der Waals surface area contributed by atoms with Crippen LogP contribution < -0.4 is 10.2 Å². The minimum atomic E-state index is -0.110. The van der Waals surface area contributed by atoms with Crippen LogP contribution in [0.4, 0.5) is 5.69 Å². The highest BCUT2D eigenvalue weighted by molar-refractivity contribution is 7.98. The predicted octanol–water partition coefficient (Wildman–Crippen LogP) is 2.47. The molecule has 1 aliphatic rings. The van der Waals surface area contributed by atoms with Crippen molar-refractivity contribution in [3.8, 4) is 0 Å². The van der Waals surface area contributed by atoms with Gasteiger partial charge in [-0.15, -0.1) is 11.8 Å². The largest absolute Gasteiger partial charge is 0.308 e. The lowest BCUT2D eigenvalue weighted by Gasteiger charge is -2.20. The maximum Gasteiger partial charge on any atom is 0.244 e. The molecule has 1 fully saturated rings. The minimum Gasteiger partial charge on any atom is -0.308 e. The molecular weight excluding hydrogens is 320 g/mol. The van der Waals surface area contributed by atoms with E-state index in [9.17, 15) is 4.79 Å². The van der Waals surface area contributed by atoms with Crippen LogP contribution in [-0.4, -0.2) is 40.6 Å². The van der Waals surface area contributed by atoms with Crippen molar-refractivity contribution >= 4 is 23.4 Å². The molecule has 0 bridgehead atoms. The molecule has 2 unspecified atom stereocenters. The van der Waals surface area contributed by atoms with Crippen molar-refractivity contribution in [2.45, 2.75) is 36.7 Å². The van der Waals surface area contributed by atoms with E-state index in [0.29, 0.717) is 0 Å². The number of rotatable bonds is 6. The number of anilines is 1. The lowest BCUT2D eigenvalue weighted by Crippen LogP contribution is -2.43. The van der Waals surface area contributed by atoms with E-state index in [1.54, 1.807) is 22.6 Å². The van der Waals surface area contributed by atoms with Gasteiger partial charge in [-0.25, -0.2) is 0 Å².